The number of rotatable bonds is 10. The summed E-state index contributed by atoms with van der Waals surface area (Å²) in [5, 5.41) is 30.2. The van der Waals surface area contributed by atoms with Gasteiger partial charge in [-0.05, 0) is 42.3 Å². The second-order valence-corrected chi connectivity index (χ2v) is 12.4. The second kappa shape index (κ2) is 11.9. The molecule has 0 unspecified atom stereocenters. The van der Waals surface area contributed by atoms with Gasteiger partial charge in [-0.3, -0.25) is 9.21 Å². The number of hydrogen-bond donors (Lipinski definition) is 3. The Kier molecular flexibility index (Phi) is 8.39. The number of sulfonamides is 1. The Balaban J connectivity index is 1.43. The number of methoxy groups -OCH3 is 2. The quantitative estimate of drug-likeness (QED) is 0.250. The third-order valence-corrected chi connectivity index (χ3v) is 8.96. The predicted molar refractivity (Wildman–Crippen MR) is 161 cm³/mol. The third-order valence-electron chi connectivity index (χ3n) is 7.77. The molecule has 2 atom stereocenters. The summed E-state index contributed by atoms with van der Waals surface area (Å²) in [5.41, 5.74) is 2.34. The summed E-state index contributed by atoms with van der Waals surface area (Å²) in [6.07, 6.45) is 2.21. The molecular formula is C29H36N6O6S. The lowest BCUT2D eigenvalue weighted by Crippen LogP contribution is -2.54. The van der Waals surface area contributed by atoms with E-state index < -0.39 is 21.7 Å². The minimum Gasteiger partial charge on any atom is -0.495 e. The van der Waals surface area contributed by atoms with Gasteiger partial charge in [0, 0.05) is 39.4 Å². The molecule has 3 N–H and O–H groups in total. The molecule has 0 radical (unpaired) electrons. The summed E-state index contributed by atoms with van der Waals surface area (Å²) in [7, 11) is 1.20. The number of ether oxygens (including phenoxy) is 2. The molecule has 2 aromatic carbocycles. The minimum absolute atomic E-state index is 0.283. The number of nitrogens with zero attached hydrogens (tertiary/aromatic N) is 5. The summed E-state index contributed by atoms with van der Waals surface area (Å²) >= 11 is 0. The molecule has 0 aliphatic carbocycles. The van der Waals surface area contributed by atoms with Gasteiger partial charge in [0.1, 0.15) is 11.4 Å². The largest absolute Gasteiger partial charge is 0.495 e. The average molecular weight is 597 g/mol. The van der Waals surface area contributed by atoms with Crippen LogP contribution in [0.5, 0.6) is 5.75 Å². The fourth-order valence-corrected chi connectivity index (χ4v) is 5.75. The van der Waals surface area contributed by atoms with Gasteiger partial charge < -0.3 is 25.0 Å². The first-order chi connectivity index (χ1) is 20.0. The van der Waals surface area contributed by atoms with Gasteiger partial charge in [-0.25, -0.2) is 17.9 Å². The third kappa shape index (κ3) is 5.78. The summed E-state index contributed by atoms with van der Waals surface area (Å²) in [5.74, 6) is 0.733. The second-order valence-electron chi connectivity index (χ2n) is 10.4. The van der Waals surface area contributed by atoms with Crippen LogP contribution in [0.15, 0.2) is 60.8 Å². The lowest BCUT2D eigenvalue weighted by Gasteiger charge is -2.42. The molecule has 1 fully saturated rings. The summed E-state index contributed by atoms with van der Waals surface area (Å²) in [6, 6.07) is 16.2. The maximum absolute atomic E-state index is 12.3. The molecule has 3 heterocycles. The highest BCUT2D eigenvalue weighted by atomic mass is 32.2. The van der Waals surface area contributed by atoms with Crippen LogP contribution in [0.4, 0.5) is 17.3 Å². The maximum atomic E-state index is 12.3. The van der Waals surface area contributed by atoms with Crippen molar-refractivity contribution in [3.8, 4) is 17.0 Å². The van der Waals surface area contributed by atoms with Gasteiger partial charge in [-0.15, -0.1) is 5.10 Å². The number of piperidine rings is 1. The van der Waals surface area contributed by atoms with Crippen LogP contribution in [-0.2, 0) is 20.4 Å². The molecule has 1 aliphatic rings. The van der Waals surface area contributed by atoms with Crippen molar-refractivity contribution >= 4 is 32.9 Å². The first-order valence-corrected chi connectivity index (χ1v) is 15.4. The van der Waals surface area contributed by atoms with Crippen molar-refractivity contribution in [2.75, 3.05) is 63.4 Å². The highest BCUT2D eigenvalue weighted by Gasteiger charge is 2.42. The van der Waals surface area contributed by atoms with Crippen LogP contribution in [0.25, 0.3) is 16.8 Å². The number of aromatic nitrogens is 3. The topological polar surface area (TPSA) is 142 Å². The first kappa shape index (κ1) is 29.7. The molecule has 0 saturated carbocycles. The fourth-order valence-electron chi connectivity index (χ4n) is 5.23. The number of fused-ring (bicyclic) bond motifs is 1. The zero-order chi connectivity index (χ0) is 30.1. The number of β-amino-alcohol motifs (C(OH)–C–C–N with tert-alkyl or cyclic N) is 1. The van der Waals surface area contributed by atoms with E-state index in [9.17, 15) is 18.6 Å². The van der Waals surface area contributed by atoms with Crippen LogP contribution < -0.4 is 14.4 Å². The van der Waals surface area contributed by atoms with Gasteiger partial charge in [-0.1, -0.05) is 24.3 Å². The standard InChI is InChI=1S/C29H36N6O6S/c1-33(42(4,38)39)24-8-6-5-7-22(24)25-12-10-21-18-30-28(32-35(21)25)31-23-11-9-20(17-26(23)41-3)29(37)13-14-34(15-16-40-2)19-27(29)36/h5-12,17-18,27,36-37H,13-16,19H2,1-4H3,(H,31,32)/t27-,29-/m0/s1. The molecule has 42 heavy (non-hydrogen) atoms. The Labute approximate surface area is 245 Å². The highest BCUT2D eigenvalue weighted by Crippen LogP contribution is 2.38. The van der Waals surface area contributed by atoms with Crippen molar-refractivity contribution in [1.29, 1.82) is 0 Å². The number of aliphatic hydroxyl groups excluding tert-OH is 1. The van der Waals surface area contributed by atoms with E-state index >= 15 is 0 Å². The van der Waals surface area contributed by atoms with Crippen LogP contribution in [0.3, 0.4) is 0 Å². The predicted octanol–water partition coefficient (Wildman–Crippen LogP) is 2.44. The Bertz CT molecular complexity index is 1680. The zero-order valence-electron chi connectivity index (χ0n) is 24.1. The van der Waals surface area contributed by atoms with Gasteiger partial charge in [0.05, 0.1) is 54.9 Å². The molecule has 5 rings (SSSR count). The maximum Gasteiger partial charge on any atom is 0.245 e. The van der Waals surface area contributed by atoms with Crippen LogP contribution >= 0.6 is 0 Å². The van der Waals surface area contributed by atoms with E-state index in [4.69, 9.17) is 9.47 Å². The minimum atomic E-state index is -3.48. The van der Waals surface area contributed by atoms with Crippen molar-refractivity contribution < 1.29 is 28.1 Å². The van der Waals surface area contributed by atoms with Crippen LogP contribution in [-0.4, -0.2) is 98.0 Å². The number of benzene rings is 2. The van der Waals surface area contributed by atoms with Crippen molar-refractivity contribution in [2.45, 2.75) is 18.1 Å². The molecule has 4 aromatic rings. The van der Waals surface area contributed by atoms with Crippen LogP contribution in [0, 0.1) is 0 Å². The van der Waals surface area contributed by atoms with Gasteiger partial charge in [0.2, 0.25) is 16.0 Å². The van der Waals surface area contributed by atoms with Crippen molar-refractivity contribution in [2.24, 2.45) is 0 Å². The molecule has 2 aromatic heterocycles. The Hall–Kier alpha value is -3.75. The summed E-state index contributed by atoms with van der Waals surface area (Å²) < 4.78 is 38.3. The van der Waals surface area contributed by atoms with Crippen molar-refractivity contribution in [3.05, 3.63) is 66.4 Å². The molecule has 0 amide bonds. The van der Waals surface area contributed by atoms with Gasteiger partial charge in [-0.2, -0.15) is 0 Å². The van der Waals surface area contributed by atoms with E-state index in [1.807, 2.05) is 24.3 Å². The van der Waals surface area contributed by atoms with Crippen molar-refractivity contribution in [3.63, 3.8) is 0 Å². The number of likely N-dealkylation sites (tertiary alicyclic amines) is 1. The molecule has 0 spiro atoms. The normalized spacial score (nSPS) is 19.6. The summed E-state index contributed by atoms with van der Waals surface area (Å²) in [6.45, 7) is 2.19. The molecule has 1 saturated heterocycles. The Morgan fingerprint density at radius 3 is 2.67 bits per heavy atom. The lowest BCUT2D eigenvalue weighted by molar-refractivity contribution is -0.126. The van der Waals surface area contributed by atoms with Gasteiger partial charge in [0.25, 0.3) is 0 Å². The van der Waals surface area contributed by atoms with Gasteiger partial charge in [0.15, 0.2) is 0 Å². The molecule has 13 heteroatoms. The molecule has 12 nitrogen and oxygen atoms in total. The molecule has 224 valence electrons. The number of para-hydroxylation sites is 1. The molecule has 1 aliphatic heterocycles. The van der Waals surface area contributed by atoms with E-state index in [-0.39, 0.29) is 5.95 Å². The smallest absolute Gasteiger partial charge is 0.245 e. The summed E-state index contributed by atoms with van der Waals surface area (Å²) in [4.78, 5) is 6.51. The molecular weight excluding hydrogens is 560 g/mol. The lowest BCUT2D eigenvalue weighted by atomic mass is 9.82. The van der Waals surface area contributed by atoms with Crippen LogP contribution in [0.2, 0.25) is 0 Å². The van der Waals surface area contributed by atoms with E-state index in [2.05, 4.69) is 20.3 Å². The Morgan fingerprint density at radius 2 is 1.95 bits per heavy atom. The first-order valence-electron chi connectivity index (χ1n) is 13.5. The van der Waals surface area contributed by atoms with E-state index in [1.165, 1.54) is 18.5 Å². The Morgan fingerprint density at radius 1 is 1.17 bits per heavy atom. The zero-order valence-corrected chi connectivity index (χ0v) is 24.9. The number of nitrogens with one attached hydrogen (secondary N) is 1. The van der Waals surface area contributed by atoms with E-state index in [0.29, 0.717) is 66.6 Å². The van der Waals surface area contributed by atoms with Crippen LogP contribution in [0.1, 0.15) is 12.0 Å². The average Bonchev–Trinajstić information content (AvgIpc) is 3.40. The van der Waals surface area contributed by atoms with Gasteiger partial charge >= 0.3 is 0 Å². The number of aliphatic hydroxyl groups is 2. The molecule has 0 bridgehead atoms. The highest BCUT2D eigenvalue weighted by molar-refractivity contribution is 7.92. The van der Waals surface area contributed by atoms with E-state index in [1.54, 1.807) is 48.2 Å². The number of hydrogen-bond acceptors (Lipinski definition) is 10. The van der Waals surface area contributed by atoms with Crippen molar-refractivity contribution in [1.82, 2.24) is 19.5 Å². The SMILES string of the molecule is COCCN1CC[C@](O)(c2ccc(Nc3ncc4ccc(-c5ccccc5N(C)S(C)(=O)=O)n4n3)c(OC)c2)[C@@H](O)C1. The fraction of sp³-hybridized carbons (Fsp3) is 0.379. The van der Waals surface area contributed by atoms with E-state index in [0.717, 1.165) is 11.8 Å². The number of anilines is 3. The monoisotopic (exact) mass is 596 g/mol.